The highest BCUT2D eigenvalue weighted by Gasteiger charge is 2.33. The van der Waals surface area contributed by atoms with E-state index in [-0.39, 0.29) is 24.1 Å². The van der Waals surface area contributed by atoms with Crippen molar-refractivity contribution in [3.8, 4) is 5.75 Å². The first-order valence-corrected chi connectivity index (χ1v) is 9.75. The molecule has 3 aromatic rings. The summed E-state index contributed by atoms with van der Waals surface area (Å²) in [5.74, 6) is -0.169. The predicted molar refractivity (Wildman–Crippen MR) is 105 cm³/mol. The van der Waals surface area contributed by atoms with Gasteiger partial charge in [0.05, 0.1) is 18.6 Å². The van der Waals surface area contributed by atoms with Crippen LogP contribution in [0.4, 0.5) is 0 Å². The van der Waals surface area contributed by atoms with Crippen molar-refractivity contribution in [1.82, 2.24) is 14.0 Å². The number of pyridine rings is 1. The number of rotatable bonds is 5. The van der Waals surface area contributed by atoms with Crippen molar-refractivity contribution in [2.24, 2.45) is 0 Å². The third-order valence-electron chi connectivity index (χ3n) is 5.52. The molecule has 0 bridgehead atoms. The number of amides is 1. The van der Waals surface area contributed by atoms with Crippen LogP contribution >= 0.6 is 0 Å². The maximum Gasteiger partial charge on any atom is 0.420 e. The first kappa shape index (κ1) is 17.8. The second-order valence-electron chi connectivity index (χ2n) is 7.73. The number of hydrogen-bond donors (Lipinski definition) is 0. The van der Waals surface area contributed by atoms with E-state index < -0.39 is 5.76 Å². The van der Waals surface area contributed by atoms with Gasteiger partial charge in [-0.05, 0) is 38.0 Å². The topological polar surface area (TPSA) is 86.7 Å². The third-order valence-corrected chi connectivity index (χ3v) is 5.52. The summed E-state index contributed by atoms with van der Waals surface area (Å²) in [6.07, 6.45) is 1.94. The Morgan fingerprint density at radius 1 is 1.17 bits per heavy atom. The molecule has 8 nitrogen and oxygen atoms in total. The number of carbonyl (C=O) groups is 1. The molecular formula is C21H21N3O5. The van der Waals surface area contributed by atoms with E-state index in [9.17, 15) is 14.4 Å². The number of aromatic nitrogens is 2. The number of nitrogens with zero attached hydrogens (tertiary/aromatic N) is 3. The molecule has 0 N–H and O–H groups in total. The molecule has 1 aromatic carbocycles. The van der Waals surface area contributed by atoms with Crippen molar-refractivity contribution in [3.63, 3.8) is 0 Å². The fourth-order valence-electron chi connectivity index (χ4n) is 3.86. The highest BCUT2D eigenvalue weighted by molar-refractivity contribution is 5.80. The summed E-state index contributed by atoms with van der Waals surface area (Å²) < 4.78 is 14.2. The standard InChI is InChI=1S/C21H21N3O5/c1-13-8-15(9-19(25)24(13)14-6-7-14)28-16-10-22(11-16)20(26)12-23-17-4-2-3-5-18(17)29-21(23)27/h2-5,8-9,14,16H,6-7,10-12H2,1H3. The fraction of sp³-hybridized carbons (Fsp3) is 0.381. The average Bonchev–Trinajstić information content (AvgIpc) is 3.42. The Balaban J connectivity index is 1.22. The van der Waals surface area contributed by atoms with Crippen molar-refractivity contribution in [3.05, 3.63) is 63.0 Å². The van der Waals surface area contributed by atoms with E-state index in [1.807, 2.05) is 17.6 Å². The van der Waals surface area contributed by atoms with Crippen LogP contribution in [-0.4, -0.2) is 39.1 Å². The van der Waals surface area contributed by atoms with Crippen LogP contribution in [0, 0.1) is 6.92 Å². The SMILES string of the molecule is Cc1cc(OC2CN(C(=O)Cn3c(=O)oc4ccccc43)C2)cc(=O)n1C1CC1. The minimum absolute atomic E-state index is 0.0408. The van der Waals surface area contributed by atoms with E-state index in [4.69, 9.17) is 9.15 Å². The van der Waals surface area contributed by atoms with Crippen LogP contribution < -0.4 is 16.1 Å². The van der Waals surface area contributed by atoms with Gasteiger partial charge in [0.1, 0.15) is 18.4 Å². The summed E-state index contributed by atoms with van der Waals surface area (Å²) in [7, 11) is 0. The monoisotopic (exact) mass is 395 g/mol. The molecule has 2 fully saturated rings. The first-order valence-electron chi connectivity index (χ1n) is 9.75. The van der Waals surface area contributed by atoms with Crippen molar-refractivity contribution >= 4 is 17.0 Å². The summed E-state index contributed by atoms with van der Waals surface area (Å²) in [5.41, 5.74) is 1.92. The van der Waals surface area contributed by atoms with Crippen molar-refractivity contribution in [2.45, 2.75) is 38.5 Å². The predicted octanol–water partition coefficient (Wildman–Crippen LogP) is 1.69. The molecule has 5 rings (SSSR count). The van der Waals surface area contributed by atoms with Gasteiger partial charge in [-0.1, -0.05) is 12.1 Å². The van der Waals surface area contributed by atoms with Gasteiger partial charge in [0.15, 0.2) is 5.58 Å². The van der Waals surface area contributed by atoms with E-state index >= 15 is 0 Å². The maximum absolute atomic E-state index is 12.5. The smallest absolute Gasteiger partial charge is 0.420 e. The van der Waals surface area contributed by atoms with Crippen LogP contribution in [0.3, 0.4) is 0 Å². The van der Waals surface area contributed by atoms with E-state index in [1.54, 1.807) is 29.2 Å². The van der Waals surface area contributed by atoms with E-state index in [1.165, 1.54) is 10.6 Å². The number of likely N-dealkylation sites (tertiary alicyclic amines) is 1. The van der Waals surface area contributed by atoms with Gasteiger partial charge in [0, 0.05) is 17.8 Å². The number of oxazole rings is 1. The maximum atomic E-state index is 12.5. The number of benzene rings is 1. The normalized spacial score (nSPS) is 16.8. The van der Waals surface area contributed by atoms with Crippen LogP contribution in [0.25, 0.3) is 11.1 Å². The lowest BCUT2D eigenvalue weighted by molar-refractivity contribution is -0.140. The molecule has 29 heavy (non-hydrogen) atoms. The lowest BCUT2D eigenvalue weighted by Crippen LogP contribution is -2.57. The summed E-state index contributed by atoms with van der Waals surface area (Å²) in [6.45, 7) is 2.69. The van der Waals surface area contributed by atoms with E-state index in [2.05, 4.69) is 0 Å². The van der Waals surface area contributed by atoms with Gasteiger partial charge in [-0.3, -0.25) is 14.2 Å². The average molecular weight is 395 g/mol. The van der Waals surface area contributed by atoms with Crippen LogP contribution in [0.2, 0.25) is 0 Å². The minimum atomic E-state index is -0.542. The van der Waals surface area contributed by atoms with Crippen molar-refractivity contribution in [2.75, 3.05) is 13.1 Å². The number of hydrogen-bond acceptors (Lipinski definition) is 5. The largest absolute Gasteiger partial charge is 0.486 e. The second kappa shape index (κ2) is 6.65. The van der Waals surface area contributed by atoms with Crippen LogP contribution in [0.5, 0.6) is 5.75 Å². The van der Waals surface area contributed by atoms with E-state index in [0.29, 0.717) is 36.0 Å². The van der Waals surface area contributed by atoms with Crippen LogP contribution in [0.15, 0.2) is 50.4 Å². The molecule has 1 saturated heterocycles. The number of aryl methyl sites for hydroxylation is 1. The molecule has 3 heterocycles. The second-order valence-corrected chi connectivity index (χ2v) is 7.73. The summed E-state index contributed by atoms with van der Waals surface area (Å²) in [5, 5.41) is 0. The molecule has 1 aliphatic heterocycles. The molecular weight excluding hydrogens is 374 g/mol. The molecule has 1 aliphatic carbocycles. The molecule has 8 heteroatoms. The summed E-state index contributed by atoms with van der Waals surface area (Å²) in [6, 6.07) is 10.8. The Morgan fingerprint density at radius 3 is 2.66 bits per heavy atom. The molecule has 2 aromatic heterocycles. The molecule has 0 spiro atoms. The highest BCUT2D eigenvalue weighted by Crippen LogP contribution is 2.35. The Bertz CT molecular complexity index is 1210. The zero-order valence-electron chi connectivity index (χ0n) is 16.0. The Labute approximate surface area is 165 Å². The fourth-order valence-corrected chi connectivity index (χ4v) is 3.86. The minimum Gasteiger partial charge on any atom is -0.486 e. The number of fused-ring (bicyclic) bond motifs is 1. The quantitative estimate of drug-likeness (QED) is 0.656. The van der Waals surface area contributed by atoms with Gasteiger partial charge in [0.2, 0.25) is 5.91 Å². The molecule has 0 radical (unpaired) electrons. The first-order chi connectivity index (χ1) is 14.0. The van der Waals surface area contributed by atoms with Gasteiger partial charge < -0.3 is 18.6 Å². The lowest BCUT2D eigenvalue weighted by atomic mass is 10.1. The molecule has 1 amide bonds. The van der Waals surface area contributed by atoms with Gasteiger partial charge in [-0.15, -0.1) is 0 Å². The summed E-state index contributed by atoms with van der Waals surface area (Å²) in [4.78, 5) is 38.5. The number of carbonyl (C=O) groups excluding carboxylic acids is 1. The zero-order valence-corrected chi connectivity index (χ0v) is 16.0. The molecule has 0 unspecified atom stereocenters. The van der Waals surface area contributed by atoms with Gasteiger partial charge in [0.25, 0.3) is 5.56 Å². The van der Waals surface area contributed by atoms with E-state index in [0.717, 1.165) is 18.5 Å². The Kier molecular flexibility index (Phi) is 4.08. The van der Waals surface area contributed by atoms with Gasteiger partial charge >= 0.3 is 5.76 Å². The molecule has 2 aliphatic rings. The van der Waals surface area contributed by atoms with Gasteiger partial charge in [-0.2, -0.15) is 0 Å². The summed E-state index contributed by atoms with van der Waals surface area (Å²) >= 11 is 0. The number of ether oxygens (including phenoxy) is 1. The van der Waals surface area contributed by atoms with Crippen molar-refractivity contribution < 1.29 is 13.9 Å². The van der Waals surface area contributed by atoms with Crippen LogP contribution in [-0.2, 0) is 11.3 Å². The van der Waals surface area contributed by atoms with Gasteiger partial charge in [-0.25, -0.2) is 4.79 Å². The van der Waals surface area contributed by atoms with Crippen molar-refractivity contribution in [1.29, 1.82) is 0 Å². The highest BCUT2D eigenvalue weighted by atomic mass is 16.5. The van der Waals surface area contributed by atoms with Crippen LogP contribution in [0.1, 0.15) is 24.6 Å². The number of para-hydroxylation sites is 2. The molecule has 150 valence electrons. The Hall–Kier alpha value is -3.29. The third kappa shape index (κ3) is 3.24. The Morgan fingerprint density at radius 2 is 1.93 bits per heavy atom. The molecule has 1 saturated carbocycles. The zero-order chi connectivity index (χ0) is 20.1. The lowest BCUT2D eigenvalue weighted by Gasteiger charge is -2.39. The molecule has 0 atom stereocenters.